The molecule has 0 atom stereocenters. The molecule has 268 valence electrons. The molecular weight excluding hydrogens is 703 g/mol. The van der Waals surface area contributed by atoms with E-state index in [9.17, 15) is 0 Å². The zero-order valence-corrected chi connectivity index (χ0v) is 31.4. The fourth-order valence-electron chi connectivity index (χ4n) is 8.26. The van der Waals surface area contributed by atoms with E-state index in [1.807, 2.05) is 18.5 Å². The van der Waals surface area contributed by atoms with Crippen molar-refractivity contribution in [3.63, 3.8) is 0 Å². The first-order valence-corrected chi connectivity index (χ1v) is 19.5. The second-order valence-corrected chi connectivity index (χ2v) is 14.7. The van der Waals surface area contributed by atoms with E-state index in [0.29, 0.717) is 5.82 Å². The van der Waals surface area contributed by atoms with Gasteiger partial charge < -0.3 is 0 Å². The summed E-state index contributed by atoms with van der Waals surface area (Å²) < 4.78 is 0. The van der Waals surface area contributed by atoms with Crippen molar-refractivity contribution in [2.24, 2.45) is 0 Å². The number of fused-ring (bicyclic) bond motifs is 5. The number of benzene rings is 8. The quantitative estimate of drug-likeness (QED) is 0.160. The van der Waals surface area contributed by atoms with Crippen LogP contribution in [-0.4, -0.2) is 15.0 Å². The van der Waals surface area contributed by atoms with Crippen LogP contribution in [0.5, 0.6) is 0 Å². The van der Waals surface area contributed by atoms with Gasteiger partial charge in [-0.05, 0) is 103 Å². The van der Waals surface area contributed by atoms with Crippen LogP contribution in [0.4, 0.5) is 0 Å². The van der Waals surface area contributed by atoms with Crippen LogP contribution in [0.1, 0.15) is 0 Å². The molecule has 0 aliphatic rings. The number of aromatic nitrogens is 3. The van der Waals surface area contributed by atoms with Gasteiger partial charge in [0.15, 0.2) is 5.82 Å². The molecule has 0 radical (unpaired) electrons. The van der Waals surface area contributed by atoms with Crippen LogP contribution in [0.15, 0.2) is 200 Å². The standard InChI is InChI=1S/C55H33N3/c1-2-12-39-29-41(28-23-36(39)11-1)40-15-9-17-44(30-40)54-33-53(38-26-24-37(25-27-38)52-35-56-34-46-14-4-6-20-48(46)52)57-55(58-54)45-18-10-16-42(31-45)51-32-43-13-3-5-19-47(43)49-21-7-8-22-50(49)51/h1,3-11,13-35H. The van der Waals surface area contributed by atoms with E-state index in [4.69, 9.17) is 9.97 Å². The third-order valence-electron chi connectivity index (χ3n) is 11.2. The fraction of sp³-hybridized carbons (Fsp3) is 0. The molecule has 2 aromatic heterocycles. The van der Waals surface area contributed by atoms with Crippen LogP contribution in [0.3, 0.4) is 0 Å². The summed E-state index contributed by atoms with van der Waals surface area (Å²) in [5.41, 5.74) is 11.4. The van der Waals surface area contributed by atoms with E-state index in [2.05, 4.69) is 199 Å². The van der Waals surface area contributed by atoms with Crippen LogP contribution in [0, 0.1) is 12.1 Å². The molecule has 0 fully saturated rings. The van der Waals surface area contributed by atoms with Gasteiger partial charge in [-0.15, -0.1) is 0 Å². The highest BCUT2D eigenvalue weighted by Crippen LogP contribution is 2.38. The summed E-state index contributed by atoms with van der Waals surface area (Å²) in [5.74, 6) is 0.669. The van der Waals surface area contributed by atoms with Crippen molar-refractivity contribution in [3.05, 3.63) is 213 Å². The molecule has 9 aromatic carbocycles. The van der Waals surface area contributed by atoms with Crippen LogP contribution in [0.2, 0.25) is 0 Å². The highest BCUT2D eigenvalue weighted by Gasteiger charge is 2.15. The topological polar surface area (TPSA) is 38.7 Å². The normalized spacial score (nSPS) is 11.3. The van der Waals surface area contributed by atoms with E-state index in [-0.39, 0.29) is 0 Å². The van der Waals surface area contributed by atoms with Crippen molar-refractivity contribution in [1.82, 2.24) is 15.0 Å². The van der Waals surface area contributed by atoms with Gasteiger partial charge in [0, 0.05) is 45.4 Å². The first-order valence-electron chi connectivity index (χ1n) is 19.5. The summed E-state index contributed by atoms with van der Waals surface area (Å²) in [4.78, 5) is 15.1. The average Bonchev–Trinajstić information content (AvgIpc) is 3.31. The molecule has 3 heteroatoms. The molecule has 0 spiro atoms. The lowest BCUT2D eigenvalue weighted by molar-refractivity contribution is 1.18. The smallest absolute Gasteiger partial charge is 0.160 e. The molecule has 0 amide bonds. The molecule has 0 unspecified atom stereocenters. The summed E-state index contributed by atoms with van der Waals surface area (Å²) >= 11 is 0. The SMILES string of the molecule is c1ccc2ccc(-c3cccc(-c4cc(-c5ccc(-c6cncc7ccccc67)cc5)nc(-c5cccc(-c6cc7ccccc7c7ccccc67)c5)n4)c3)cc2c#1. The molecular formula is C55H33N3. The molecule has 58 heavy (non-hydrogen) atoms. The fourth-order valence-corrected chi connectivity index (χ4v) is 8.26. The van der Waals surface area contributed by atoms with Crippen LogP contribution in [0.25, 0.3) is 110 Å². The Bertz CT molecular complexity index is 3340. The molecule has 0 saturated heterocycles. The van der Waals surface area contributed by atoms with Crippen LogP contribution >= 0.6 is 0 Å². The third-order valence-corrected chi connectivity index (χ3v) is 11.2. The van der Waals surface area contributed by atoms with Gasteiger partial charge in [-0.1, -0.05) is 158 Å². The Hall–Kier alpha value is -7.93. The van der Waals surface area contributed by atoms with Crippen LogP contribution < -0.4 is 0 Å². The molecule has 0 saturated carbocycles. The van der Waals surface area contributed by atoms with E-state index < -0.39 is 0 Å². The first kappa shape index (κ1) is 33.4. The van der Waals surface area contributed by atoms with E-state index in [1.165, 1.54) is 32.5 Å². The Kier molecular flexibility index (Phi) is 8.05. The van der Waals surface area contributed by atoms with E-state index in [0.717, 1.165) is 72.1 Å². The maximum atomic E-state index is 5.30. The number of hydrogen-bond donors (Lipinski definition) is 0. The Morgan fingerprint density at radius 3 is 1.84 bits per heavy atom. The second-order valence-electron chi connectivity index (χ2n) is 14.7. The van der Waals surface area contributed by atoms with Gasteiger partial charge in [-0.2, -0.15) is 0 Å². The third kappa shape index (κ3) is 6.01. The summed E-state index contributed by atoms with van der Waals surface area (Å²) in [5, 5.41) is 9.41. The first-order chi connectivity index (χ1) is 28.7. The molecule has 3 nitrogen and oxygen atoms in total. The molecule has 11 rings (SSSR count). The van der Waals surface area contributed by atoms with Crippen molar-refractivity contribution in [3.8, 4) is 67.3 Å². The largest absolute Gasteiger partial charge is 0.263 e. The molecule has 0 N–H and O–H groups in total. The van der Waals surface area contributed by atoms with E-state index >= 15 is 0 Å². The zero-order valence-electron chi connectivity index (χ0n) is 31.4. The number of hydrogen-bond acceptors (Lipinski definition) is 3. The van der Waals surface area contributed by atoms with Crippen molar-refractivity contribution >= 4 is 43.1 Å². The summed E-state index contributed by atoms with van der Waals surface area (Å²) in [6, 6.07) is 72.8. The van der Waals surface area contributed by atoms with Gasteiger partial charge in [-0.3, -0.25) is 4.98 Å². The van der Waals surface area contributed by atoms with E-state index in [1.54, 1.807) is 0 Å². The minimum atomic E-state index is 0.669. The molecule has 11 aromatic rings. The van der Waals surface area contributed by atoms with Gasteiger partial charge in [-0.25, -0.2) is 9.97 Å². The summed E-state index contributed by atoms with van der Waals surface area (Å²) in [7, 11) is 0. The zero-order chi connectivity index (χ0) is 38.4. The Balaban J connectivity index is 1.05. The monoisotopic (exact) mass is 735 g/mol. The number of rotatable bonds is 6. The van der Waals surface area contributed by atoms with Crippen LogP contribution in [-0.2, 0) is 0 Å². The predicted octanol–water partition coefficient (Wildman–Crippen LogP) is 14.1. The Morgan fingerprint density at radius 1 is 0.345 bits per heavy atom. The number of pyridine rings is 1. The maximum Gasteiger partial charge on any atom is 0.160 e. The number of nitrogens with zero attached hydrogens (tertiary/aromatic N) is 3. The van der Waals surface area contributed by atoms with Crippen molar-refractivity contribution in [2.75, 3.05) is 0 Å². The highest BCUT2D eigenvalue weighted by molar-refractivity contribution is 6.14. The lowest BCUT2D eigenvalue weighted by atomic mass is 9.92. The minimum Gasteiger partial charge on any atom is -0.263 e. The maximum absolute atomic E-state index is 5.30. The molecule has 0 aliphatic heterocycles. The summed E-state index contributed by atoms with van der Waals surface area (Å²) in [6.07, 6.45) is 3.86. The van der Waals surface area contributed by atoms with Gasteiger partial charge in [0.25, 0.3) is 0 Å². The van der Waals surface area contributed by atoms with Crippen molar-refractivity contribution in [1.29, 1.82) is 0 Å². The average molecular weight is 736 g/mol. The molecule has 0 bridgehead atoms. The molecule has 0 aliphatic carbocycles. The highest BCUT2D eigenvalue weighted by atomic mass is 14.9. The predicted molar refractivity (Wildman–Crippen MR) is 240 cm³/mol. The molecule has 2 heterocycles. The van der Waals surface area contributed by atoms with Gasteiger partial charge in [0.1, 0.15) is 0 Å². The lowest BCUT2D eigenvalue weighted by Gasteiger charge is -2.14. The summed E-state index contributed by atoms with van der Waals surface area (Å²) in [6.45, 7) is 0. The van der Waals surface area contributed by atoms with Gasteiger partial charge >= 0.3 is 0 Å². The van der Waals surface area contributed by atoms with Gasteiger partial charge in [0.05, 0.1) is 11.4 Å². The minimum absolute atomic E-state index is 0.669. The van der Waals surface area contributed by atoms with Gasteiger partial charge in [0.2, 0.25) is 0 Å². The lowest BCUT2D eigenvalue weighted by Crippen LogP contribution is -1.96. The Morgan fingerprint density at radius 2 is 0.983 bits per heavy atom. The Labute approximate surface area is 336 Å². The second kappa shape index (κ2) is 14.0. The van der Waals surface area contributed by atoms with Crippen molar-refractivity contribution < 1.29 is 0 Å². The van der Waals surface area contributed by atoms with Crippen molar-refractivity contribution in [2.45, 2.75) is 0 Å².